The van der Waals surface area contributed by atoms with E-state index in [9.17, 15) is 0 Å². The van der Waals surface area contributed by atoms with Crippen LogP contribution in [0.15, 0.2) is 23.6 Å². The van der Waals surface area contributed by atoms with Crippen LogP contribution in [0, 0.1) is 6.92 Å². The first kappa shape index (κ1) is 14.4. The van der Waals surface area contributed by atoms with Crippen molar-refractivity contribution in [2.75, 3.05) is 0 Å². The summed E-state index contributed by atoms with van der Waals surface area (Å²) in [5.74, 6) is 1.61. The number of hydrogen-bond donors (Lipinski definition) is 1. The summed E-state index contributed by atoms with van der Waals surface area (Å²) in [6.45, 7) is 6.58. The Kier molecular flexibility index (Phi) is 3.63. The predicted molar refractivity (Wildman–Crippen MR) is 83.9 cm³/mol. The molecule has 3 rings (SSSR count). The molecule has 0 saturated heterocycles. The third-order valence-corrected chi connectivity index (χ3v) is 4.36. The van der Waals surface area contributed by atoms with Gasteiger partial charge in [-0.15, -0.1) is 11.3 Å². The second-order valence-electron chi connectivity index (χ2n) is 6.02. The van der Waals surface area contributed by atoms with Gasteiger partial charge in [0.25, 0.3) is 0 Å². The monoisotopic (exact) mass is 304 g/mol. The second-order valence-corrected chi connectivity index (χ2v) is 7.08. The molecule has 0 aliphatic carbocycles. The lowest BCUT2D eigenvalue weighted by atomic mass is 9.90. The van der Waals surface area contributed by atoms with E-state index in [1.54, 1.807) is 11.3 Å². The average Bonchev–Trinajstić information content (AvgIpc) is 2.80. The minimum atomic E-state index is -0.239. The Morgan fingerprint density at radius 2 is 2.29 bits per heavy atom. The molecule has 0 bridgehead atoms. The smallest absolute Gasteiger partial charge is 0.131 e. The number of fused-ring (bicyclic) bond motifs is 1. The summed E-state index contributed by atoms with van der Waals surface area (Å²) in [7, 11) is 0. The summed E-state index contributed by atoms with van der Waals surface area (Å²) in [4.78, 5) is 4.39. The van der Waals surface area contributed by atoms with Crippen molar-refractivity contribution < 1.29 is 9.47 Å². The molecule has 1 aliphatic rings. The molecule has 1 atom stereocenters. The molecule has 21 heavy (non-hydrogen) atoms. The molecule has 1 aromatic carbocycles. The van der Waals surface area contributed by atoms with Crippen LogP contribution in [0.25, 0.3) is 0 Å². The minimum absolute atomic E-state index is 0.0130. The van der Waals surface area contributed by atoms with E-state index in [-0.39, 0.29) is 11.6 Å². The van der Waals surface area contributed by atoms with Crippen LogP contribution in [0.4, 0.5) is 0 Å². The fraction of sp³-hybridized carbons (Fsp3) is 0.438. The van der Waals surface area contributed by atoms with Crippen LogP contribution in [0.5, 0.6) is 11.5 Å². The highest BCUT2D eigenvalue weighted by Gasteiger charge is 2.31. The molecule has 112 valence electrons. The van der Waals surface area contributed by atoms with Crippen LogP contribution in [-0.4, -0.2) is 10.6 Å². The number of thiazole rings is 1. The van der Waals surface area contributed by atoms with E-state index in [0.29, 0.717) is 6.61 Å². The van der Waals surface area contributed by atoms with Crippen molar-refractivity contribution in [3.05, 3.63) is 39.8 Å². The first-order chi connectivity index (χ1) is 9.93. The SMILES string of the molecule is Cc1nc(COc2ccc3c(c2)OC(C)(C)CC3N)cs1. The Morgan fingerprint density at radius 1 is 1.48 bits per heavy atom. The Bertz CT molecular complexity index is 651. The highest BCUT2D eigenvalue weighted by molar-refractivity contribution is 7.09. The van der Waals surface area contributed by atoms with Crippen molar-refractivity contribution in [2.24, 2.45) is 5.73 Å². The summed E-state index contributed by atoms with van der Waals surface area (Å²) in [6.07, 6.45) is 0.818. The van der Waals surface area contributed by atoms with Crippen LogP contribution < -0.4 is 15.2 Å². The molecular weight excluding hydrogens is 284 g/mol. The van der Waals surface area contributed by atoms with Crippen LogP contribution >= 0.6 is 11.3 Å². The molecule has 0 spiro atoms. The topological polar surface area (TPSA) is 57.4 Å². The van der Waals surface area contributed by atoms with Gasteiger partial charge < -0.3 is 15.2 Å². The number of nitrogens with two attached hydrogens (primary N) is 1. The molecule has 0 saturated carbocycles. The second kappa shape index (κ2) is 5.31. The van der Waals surface area contributed by atoms with Gasteiger partial charge in [0.05, 0.1) is 10.7 Å². The van der Waals surface area contributed by atoms with E-state index in [2.05, 4.69) is 18.8 Å². The summed E-state index contributed by atoms with van der Waals surface area (Å²) in [6, 6.07) is 5.88. The van der Waals surface area contributed by atoms with Gasteiger partial charge in [-0.3, -0.25) is 0 Å². The van der Waals surface area contributed by atoms with Crippen LogP contribution in [-0.2, 0) is 6.61 Å². The zero-order valence-corrected chi connectivity index (χ0v) is 13.4. The normalized spacial score (nSPS) is 19.7. The van der Waals surface area contributed by atoms with Gasteiger partial charge in [0.2, 0.25) is 0 Å². The van der Waals surface area contributed by atoms with Gasteiger partial charge in [-0.1, -0.05) is 6.07 Å². The third-order valence-electron chi connectivity index (χ3n) is 3.54. The lowest BCUT2D eigenvalue weighted by molar-refractivity contribution is 0.0724. The van der Waals surface area contributed by atoms with Crippen molar-refractivity contribution in [1.29, 1.82) is 0 Å². The molecule has 2 N–H and O–H groups in total. The molecular formula is C16H20N2O2S. The zero-order chi connectivity index (χ0) is 15.0. The van der Waals surface area contributed by atoms with Gasteiger partial charge in [-0.05, 0) is 26.8 Å². The first-order valence-electron chi connectivity index (χ1n) is 7.05. The van der Waals surface area contributed by atoms with Gasteiger partial charge in [0.1, 0.15) is 23.7 Å². The molecule has 2 aromatic rings. The lowest BCUT2D eigenvalue weighted by Crippen LogP contribution is -2.37. The highest BCUT2D eigenvalue weighted by atomic mass is 32.1. The molecule has 1 unspecified atom stereocenters. The Hall–Kier alpha value is -1.59. The number of benzene rings is 1. The fourth-order valence-electron chi connectivity index (χ4n) is 2.61. The van der Waals surface area contributed by atoms with Crippen LogP contribution in [0.1, 0.15) is 42.6 Å². The largest absolute Gasteiger partial charge is 0.487 e. The predicted octanol–water partition coefficient (Wildman–Crippen LogP) is 3.59. The quantitative estimate of drug-likeness (QED) is 0.941. The molecule has 4 nitrogen and oxygen atoms in total. The molecule has 0 radical (unpaired) electrons. The number of aromatic nitrogens is 1. The molecule has 0 amide bonds. The van der Waals surface area contributed by atoms with E-state index < -0.39 is 0 Å². The minimum Gasteiger partial charge on any atom is -0.487 e. The summed E-state index contributed by atoms with van der Waals surface area (Å²) in [5, 5.41) is 3.07. The Morgan fingerprint density at radius 3 is 3.00 bits per heavy atom. The summed E-state index contributed by atoms with van der Waals surface area (Å²) >= 11 is 1.63. The maximum Gasteiger partial charge on any atom is 0.131 e. The summed E-state index contributed by atoms with van der Waals surface area (Å²) < 4.78 is 11.8. The van der Waals surface area contributed by atoms with Crippen molar-refractivity contribution in [3.63, 3.8) is 0 Å². The number of aryl methyl sites for hydroxylation is 1. The molecule has 1 aliphatic heterocycles. The van der Waals surface area contributed by atoms with Gasteiger partial charge in [-0.2, -0.15) is 0 Å². The van der Waals surface area contributed by atoms with Crippen molar-refractivity contribution in [1.82, 2.24) is 4.98 Å². The van der Waals surface area contributed by atoms with Gasteiger partial charge in [-0.25, -0.2) is 4.98 Å². The summed E-state index contributed by atoms with van der Waals surface area (Å²) in [5.41, 5.74) is 7.97. The number of ether oxygens (including phenoxy) is 2. The maximum atomic E-state index is 6.21. The number of rotatable bonds is 3. The zero-order valence-electron chi connectivity index (χ0n) is 12.6. The molecule has 0 fully saturated rings. The fourth-order valence-corrected chi connectivity index (χ4v) is 3.21. The van der Waals surface area contributed by atoms with Gasteiger partial charge in [0.15, 0.2) is 0 Å². The van der Waals surface area contributed by atoms with E-state index in [1.165, 1.54) is 0 Å². The van der Waals surface area contributed by atoms with Gasteiger partial charge >= 0.3 is 0 Å². The van der Waals surface area contributed by atoms with E-state index >= 15 is 0 Å². The standard InChI is InChI=1S/C16H20N2O2S/c1-10-18-11(9-21-10)8-19-12-4-5-13-14(17)7-16(2,3)20-15(13)6-12/h4-6,9,14H,7-8,17H2,1-3H3. The Balaban J connectivity index is 1.76. The number of hydrogen-bond acceptors (Lipinski definition) is 5. The molecule has 1 aromatic heterocycles. The molecule has 5 heteroatoms. The number of nitrogens with zero attached hydrogens (tertiary/aromatic N) is 1. The molecule has 2 heterocycles. The van der Waals surface area contributed by atoms with Crippen LogP contribution in [0.2, 0.25) is 0 Å². The van der Waals surface area contributed by atoms with Crippen molar-refractivity contribution in [3.8, 4) is 11.5 Å². The van der Waals surface area contributed by atoms with Crippen molar-refractivity contribution in [2.45, 2.75) is 45.4 Å². The van der Waals surface area contributed by atoms with E-state index in [1.807, 2.05) is 30.5 Å². The first-order valence-corrected chi connectivity index (χ1v) is 7.93. The van der Waals surface area contributed by atoms with E-state index in [0.717, 1.165) is 34.2 Å². The van der Waals surface area contributed by atoms with Gasteiger partial charge in [0, 0.05) is 29.5 Å². The van der Waals surface area contributed by atoms with E-state index in [4.69, 9.17) is 15.2 Å². The lowest BCUT2D eigenvalue weighted by Gasteiger charge is -2.36. The van der Waals surface area contributed by atoms with Crippen LogP contribution in [0.3, 0.4) is 0 Å². The average molecular weight is 304 g/mol. The third kappa shape index (κ3) is 3.19. The highest BCUT2D eigenvalue weighted by Crippen LogP contribution is 2.40. The van der Waals surface area contributed by atoms with Crippen molar-refractivity contribution >= 4 is 11.3 Å². The Labute approximate surface area is 128 Å². The maximum absolute atomic E-state index is 6.21.